The van der Waals surface area contributed by atoms with Crippen LogP contribution in [0.3, 0.4) is 0 Å². The Bertz CT molecular complexity index is 2470. The van der Waals surface area contributed by atoms with Crippen LogP contribution in [0.1, 0.15) is 31.0 Å². The summed E-state index contributed by atoms with van der Waals surface area (Å²) in [6.45, 7) is 9.39. The van der Waals surface area contributed by atoms with Crippen molar-refractivity contribution in [2.75, 3.05) is 0 Å². The summed E-state index contributed by atoms with van der Waals surface area (Å²) in [6, 6.07) is 42.9. The first-order valence-corrected chi connectivity index (χ1v) is 15.5. The molecule has 3 atom stereocenters. The van der Waals surface area contributed by atoms with Crippen LogP contribution in [0.5, 0.6) is 0 Å². The number of aromatic nitrogens is 3. The van der Waals surface area contributed by atoms with Gasteiger partial charge in [0.25, 0.3) is 0 Å². The smallest absolute Gasteiger partial charge is 0.213 e. The molecule has 0 bridgehead atoms. The van der Waals surface area contributed by atoms with Crippen molar-refractivity contribution < 1.29 is 9.13 Å². The van der Waals surface area contributed by atoms with Crippen molar-refractivity contribution in [3.05, 3.63) is 151 Å². The third kappa shape index (κ3) is 2.58. The van der Waals surface area contributed by atoms with Crippen LogP contribution in [0.2, 0.25) is 0 Å². The van der Waals surface area contributed by atoms with Crippen molar-refractivity contribution >= 4 is 38.1 Å². The normalized spacial score (nSPS) is 21.9. The molecule has 2 aliphatic heterocycles. The van der Waals surface area contributed by atoms with Crippen molar-refractivity contribution in [3.8, 4) is 22.5 Å². The molecule has 8 aromatic rings. The highest BCUT2D eigenvalue weighted by molar-refractivity contribution is 6.23. The molecule has 10 rings (SSSR count). The summed E-state index contributed by atoms with van der Waals surface area (Å²) >= 11 is 0. The second-order valence-electron chi connectivity index (χ2n) is 13.0. The van der Waals surface area contributed by atoms with Gasteiger partial charge >= 0.3 is 0 Å². The van der Waals surface area contributed by atoms with E-state index in [0.717, 1.165) is 0 Å². The Hall–Kier alpha value is -5.28. The second kappa shape index (κ2) is 8.00. The van der Waals surface area contributed by atoms with Gasteiger partial charge in [-0.2, -0.15) is 9.13 Å². The van der Waals surface area contributed by atoms with Crippen LogP contribution in [-0.4, -0.2) is 4.40 Å². The van der Waals surface area contributed by atoms with Crippen molar-refractivity contribution in [2.45, 2.75) is 30.8 Å². The fourth-order valence-electron chi connectivity index (χ4n) is 9.06. The molecule has 44 heavy (non-hydrogen) atoms. The van der Waals surface area contributed by atoms with Gasteiger partial charge in [-0.05, 0) is 55.0 Å². The Morgan fingerprint density at radius 3 is 2.23 bits per heavy atom. The highest BCUT2D eigenvalue weighted by Gasteiger charge is 2.66. The monoisotopic (exact) mass is 565 g/mol. The van der Waals surface area contributed by atoms with Gasteiger partial charge in [-0.15, -0.1) is 0 Å². The summed E-state index contributed by atoms with van der Waals surface area (Å²) in [7, 11) is 0. The molecule has 0 N–H and O–H groups in total. The maximum atomic E-state index is 4.54. The zero-order chi connectivity index (χ0) is 29.4. The molecule has 0 radical (unpaired) electrons. The topological polar surface area (TPSA) is 12.2 Å². The van der Waals surface area contributed by atoms with E-state index in [4.69, 9.17) is 0 Å². The molecule has 6 heterocycles. The fourth-order valence-corrected chi connectivity index (χ4v) is 9.06. The molecular formula is C41H31N3+2. The highest BCUT2D eigenvalue weighted by atomic mass is 15.1. The molecule has 4 aromatic heterocycles. The average molecular weight is 566 g/mol. The van der Waals surface area contributed by atoms with Crippen molar-refractivity contribution in [1.29, 1.82) is 0 Å². The van der Waals surface area contributed by atoms with Gasteiger partial charge in [0.1, 0.15) is 5.41 Å². The summed E-state index contributed by atoms with van der Waals surface area (Å²) in [6.07, 6.45) is 6.71. The van der Waals surface area contributed by atoms with Gasteiger partial charge in [-0.25, -0.2) is 0 Å². The molecule has 0 amide bonds. The van der Waals surface area contributed by atoms with E-state index in [2.05, 4.69) is 168 Å². The average Bonchev–Trinajstić information content (AvgIpc) is 3.72. The van der Waals surface area contributed by atoms with E-state index in [1.807, 2.05) is 0 Å². The summed E-state index contributed by atoms with van der Waals surface area (Å²) in [5.41, 5.74) is 10.8. The van der Waals surface area contributed by atoms with Crippen LogP contribution in [0.4, 0.5) is 0 Å². The fraction of sp³-hybridized carbons (Fsp3) is 0.122. The lowest BCUT2D eigenvalue weighted by Crippen LogP contribution is -2.71. The first kappa shape index (κ1) is 24.2. The number of pyridine rings is 2. The number of nitrogens with zero attached hydrogens (tertiary/aromatic N) is 3. The second-order valence-corrected chi connectivity index (χ2v) is 13.0. The lowest BCUT2D eigenvalue weighted by atomic mass is 9.58. The van der Waals surface area contributed by atoms with Crippen molar-refractivity contribution in [1.82, 2.24) is 4.40 Å². The third-order valence-electron chi connectivity index (χ3n) is 11.3. The van der Waals surface area contributed by atoms with Gasteiger partial charge in [0, 0.05) is 58.3 Å². The lowest BCUT2D eigenvalue weighted by molar-refractivity contribution is -0.776. The Morgan fingerprint density at radius 2 is 1.36 bits per heavy atom. The molecule has 0 fully saturated rings. The lowest BCUT2D eigenvalue weighted by Gasteiger charge is -2.46. The molecular weight excluding hydrogens is 534 g/mol. The number of rotatable bonds is 2. The predicted octanol–water partition coefficient (Wildman–Crippen LogP) is 8.52. The molecule has 3 nitrogen and oxygen atoms in total. The summed E-state index contributed by atoms with van der Waals surface area (Å²) in [4.78, 5) is 0. The zero-order valence-electron chi connectivity index (χ0n) is 24.8. The quantitative estimate of drug-likeness (QED) is 0.147. The minimum absolute atomic E-state index is 0.0563. The van der Waals surface area contributed by atoms with Crippen LogP contribution in [0, 0.1) is 0 Å². The number of hydrogen-bond donors (Lipinski definition) is 0. The van der Waals surface area contributed by atoms with E-state index >= 15 is 0 Å². The molecule has 3 unspecified atom stereocenters. The van der Waals surface area contributed by atoms with E-state index in [-0.39, 0.29) is 6.04 Å². The summed E-state index contributed by atoms with van der Waals surface area (Å²) < 4.78 is 7.50. The van der Waals surface area contributed by atoms with Gasteiger partial charge in [-0.1, -0.05) is 61.2 Å². The molecule has 3 heteroatoms. The molecule has 0 aliphatic carbocycles. The first-order chi connectivity index (χ1) is 21.6. The van der Waals surface area contributed by atoms with E-state index in [0.29, 0.717) is 0 Å². The third-order valence-corrected chi connectivity index (χ3v) is 11.3. The molecule has 2 aliphatic rings. The van der Waals surface area contributed by atoms with E-state index < -0.39 is 11.0 Å². The summed E-state index contributed by atoms with van der Waals surface area (Å²) in [5.74, 6) is 0. The minimum atomic E-state index is -0.438. The van der Waals surface area contributed by atoms with Gasteiger partial charge in [0.15, 0.2) is 17.9 Å². The van der Waals surface area contributed by atoms with Crippen molar-refractivity contribution in [3.63, 3.8) is 0 Å². The standard InChI is InChI=1S/C41H31N3/c1-4-40(2)41(3,39-30-16-6-5-15-27(30)34-19-9-11-22-42(34)39)33-25-37-31(24-32(33)35-20-10-12-23-43(35)40)29-18-13-17-28-26-14-7-8-21-36(26)44(37)38(28)29/h4-25,39H,1H2,2-3H3/q+2. The molecule has 0 spiro atoms. The van der Waals surface area contributed by atoms with Gasteiger partial charge in [0.05, 0.1) is 27.7 Å². The number of para-hydroxylation sites is 2. The Labute approximate surface area is 255 Å². The molecule has 4 aromatic carbocycles. The van der Waals surface area contributed by atoms with E-state index in [1.165, 1.54) is 71.7 Å². The van der Waals surface area contributed by atoms with Gasteiger partial charge < -0.3 is 4.40 Å². The van der Waals surface area contributed by atoms with E-state index in [9.17, 15) is 0 Å². The van der Waals surface area contributed by atoms with Gasteiger partial charge in [-0.3, -0.25) is 0 Å². The maximum Gasteiger partial charge on any atom is 0.213 e. The highest BCUT2D eigenvalue weighted by Crippen LogP contribution is 2.57. The van der Waals surface area contributed by atoms with Crippen LogP contribution >= 0.6 is 0 Å². The van der Waals surface area contributed by atoms with Crippen LogP contribution in [0.25, 0.3) is 60.6 Å². The SMILES string of the molecule is C=CC1(C)[n+]2ccccc2-c2cc3c4cccc5c6ccccc6n(c3cc2C1(C)C1c2ccccc2-c2cccc[n+]21)c54. The molecule has 208 valence electrons. The largest absolute Gasteiger partial charge is 0.308 e. The molecule has 0 saturated carbocycles. The summed E-state index contributed by atoms with van der Waals surface area (Å²) in [5, 5.41) is 5.23. The van der Waals surface area contributed by atoms with Crippen molar-refractivity contribution in [2.24, 2.45) is 0 Å². The van der Waals surface area contributed by atoms with Crippen LogP contribution in [-0.2, 0) is 11.0 Å². The maximum absolute atomic E-state index is 4.54. The predicted molar refractivity (Wildman–Crippen MR) is 178 cm³/mol. The number of fused-ring (bicyclic) bond motifs is 12. The van der Waals surface area contributed by atoms with Crippen LogP contribution in [0.15, 0.2) is 140 Å². The number of benzene rings is 4. The Kier molecular flexibility index (Phi) is 4.40. The Morgan fingerprint density at radius 1 is 0.659 bits per heavy atom. The number of hydrogen-bond acceptors (Lipinski definition) is 0. The van der Waals surface area contributed by atoms with Gasteiger partial charge in [0.2, 0.25) is 17.4 Å². The molecule has 0 saturated heterocycles. The van der Waals surface area contributed by atoms with E-state index in [1.54, 1.807) is 0 Å². The first-order valence-electron chi connectivity index (χ1n) is 15.5. The number of allylic oxidation sites excluding steroid dienone is 1. The Balaban J connectivity index is 1.41. The zero-order valence-corrected chi connectivity index (χ0v) is 24.8. The van der Waals surface area contributed by atoms with Crippen LogP contribution < -0.4 is 9.13 Å². The minimum Gasteiger partial charge on any atom is -0.308 e.